The third-order valence-electron chi connectivity index (χ3n) is 4.99. The lowest BCUT2D eigenvalue weighted by Gasteiger charge is -2.25. The summed E-state index contributed by atoms with van der Waals surface area (Å²) >= 11 is 0. The zero-order chi connectivity index (χ0) is 16.6. The topological polar surface area (TPSA) is 33.5 Å². The first-order valence-corrected chi connectivity index (χ1v) is 9.15. The molecular formula is C21H27NO2. The summed E-state index contributed by atoms with van der Waals surface area (Å²) in [6.07, 6.45) is 9.97. The Kier molecular flexibility index (Phi) is 6.11. The van der Waals surface area contributed by atoms with Crippen molar-refractivity contribution in [3.8, 4) is 0 Å². The lowest BCUT2D eigenvalue weighted by Crippen LogP contribution is -2.30. The van der Waals surface area contributed by atoms with Gasteiger partial charge in [0, 0.05) is 13.0 Å². The van der Waals surface area contributed by atoms with Gasteiger partial charge in [0.1, 0.15) is 5.76 Å². The highest BCUT2D eigenvalue weighted by Gasteiger charge is 2.19. The molecule has 1 heterocycles. The van der Waals surface area contributed by atoms with Gasteiger partial charge in [0.05, 0.1) is 12.8 Å². The van der Waals surface area contributed by atoms with Gasteiger partial charge in [-0.1, -0.05) is 62.4 Å². The molecule has 1 amide bonds. The molecule has 1 aliphatic rings. The Hall–Kier alpha value is -2.03. The number of nitrogens with zero attached hydrogens (tertiary/aromatic N) is 1. The summed E-state index contributed by atoms with van der Waals surface area (Å²) in [5.74, 6) is 1.82. The van der Waals surface area contributed by atoms with E-state index < -0.39 is 0 Å². The lowest BCUT2D eigenvalue weighted by atomic mass is 9.86. The molecule has 2 aromatic rings. The molecule has 1 saturated carbocycles. The van der Waals surface area contributed by atoms with E-state index in [9.17, 15) is 4.79 Å². The monoisotopic (exact) mass is 325 g/mol. The van der Waals surface area contributed by atoms with Crippen molar-refractivity contribution in [3.63, 3.8) is 0 Å². The van der Waals surface area contributed by atoms with Crippen molar-refractivity contribution in [2.75, 3.05) is 0 Å². The van der Waals surface area contributed by atoms with Crippen molar-refractivity contribution in [1.29, 1.82) is 0 Å². The molecule has 1 aliphatic carbocycles. The van der Waals surface area contributed by atoms with E-state index in [4.69, 9.17) is 4.42 Å². The Balaban J connectivity index is 1.60. The number of hydrogen-bond donors (Lipinski definition) is 0. The van der Waals surface area contributed by atoms with E-state index in [0.717, 1.165) is 23.7 Å². The van der Waals surface area contributed by atoms with E-state index in [-0.39, 0.29) is 5.91 Å². The highest BCUT2D eigenvalue weighted by Crippen LogP contribution is 2.27. The molecule has 0 atom stereocenters. The van der Waals surface area contributed by atoms with E-state index in [2.05, 4.69) is 12.1 Å². The van der Waals surface area contributed by atoms with Crippen molar-refractivity contribution in [1.82, 2.24) is 4.90 Å². The second kappa shape index (κ2) is 8.72. The van der Waals surface area contributed by atoms with Crippen LogP contribution in [0.25, 0.3) is 0 Å². The third kappa shape index (κ3) is 4.98. The van der Waals surface area contributed by atoms with Gasteiger partial charge in [0.15, 0.2) is 0 Å². The molecule has 0 spiro atoms. The van der Waals surface area contributed by atoms with Gasteiger partial charge in [0.2, 0.25) is 5.91 Å². The van der Waals surface area contributed by atoms with E-state index in [0.29, 0.717) is 19.5 Å². The maximum atomic E-state index is 12.8. The fourth-order valence-electron chi connectivity index (χ4n) is 3.59. The molecule has 3 heteroatoms. The second-order valence-electron chi connectivity index (χ2n) is 6.86. The van der Waals surface area contributed by atoms with Crippen LogP contribution in [-0.2, 0) is 17.9 Å². The van der Waals surface area contributed by atoms with Crippen LogP contribution in [0.4, 0.5) is 0 Å². The van der Waals surface area contributed by atoms with E-state index in [1.807, 2.05) is 35.2 Å². The Labute approximate surface area is 144 Å². The molecule has 24 heavy (non-hydrogen) atoms. The smallest absolute Gasteiger partial charge is 0.223 e. The fraction of sp³-hybridized carbons (Fsp3) is 0.476. The van der Waals surface area contributed by atoms with Gasteiger partial charge < -0.3 is 9.32 Å². The van der Waals surface area contributed by atoms with Crippen LogP contribution in [0.15, 0.2) is 53.1 Å². The molecule has 128 valence electrons. The summed E-state index contributed by atoms with van der Waals surface area (Å²) in [5, 5.41) is 0. The molecule has 3 rings (SSSR count). The van der Waals surface area contributed by atoms with Crippen molar-refractivity contribution in [2.45, 2.75) is 58.0 Å². The third-order valence-corrected chi connectivity index (χ3v) is 4.99. The van der Waals surface area contributed by atoms with Crippen LogP contribution in [0.2, 0.25) is 0 Å². The van der Waals surface area contributed by atoms with Gasteiger partial charge >= 0.3 is 0 Å². The SMILES string of the molecule is O=C(CCC1CCCCC1)N(Cc1ccccc1)Cc1ccco1. The molecule has 1 aromatic heterocycles. The Bertz CT molecular complexity index is 600. The van der Waals surface area contributed by atoms with Crippen LogP contribution in [0.1, 0.15) is 56.3 Å². The second-order valence-corrected chi connectivity index (χ2v) is 6.86. The maximum absolute atomic E-state index is 12.8. The number of carbonyl (C=O) groups is 1. The van der Waals surface area contributed by atoms with Crippen LogP contribution < -0.4 is 0 Å². The Morgan fingerprint density at radius 3 is 2.50 bits per heavy atom. The quantitative estimate of drug-likeness (QED) is 0.703. The molecule has 0 N–H and O–H groups in total. The van der Waals surface area contributed by atoms with E-state index >= 15 is 0 Å². The largest absolute Gasteiger partial charge is 0.467 e. The first kappa shape index (κ1) is 16.8. The molecule has 3 nitrogen and oxygen atoms in total. The number of hydrogen-bond acceptors (Lipinski definition) is 2. The fourth-order valence-corrected chi connectivity index (χ4v) is 3.59. The highest BCUT2D eigenvalue weighted by molar-refractivity contribution is 5.76. The standard InChI is InChI=1S/C21H27NO2/c23-21(14-13-18-8-3-1-4-9-18)22(17-20-12-7-15-24-20)16-19-10-5-2-6-11-19/h2,5-7,10-12,15,18H,1,3-4,8-9,13-14,16-17H2. The van der Waals surface area contributed by atoms with Crippen molar-refractivity contribution in [2.24, 2.45) is 5.92 Å². The molecule has 1 aromatic carbocycles. The average molecular weight is 325 g/mol. The molecule has 0 radical (unpaired) electrons. The minimum atomic E-state index is 0.237. The van der Waals surface area contributed by atoms with Crippen LogP contribution in [0.5, 0.6) is 0 Å². The summed E-state index contributed by atoms with van der Waals surface area (Å²) in [6.45, 7) is 1.19. The average Bonchev–Trinajstić information content (AvgIpc) is 3.14. The Morgan fingerprint density at radius 1 is 1.00 bits per heavy atom. The predicted molar refractivity (Wildman–Crippen MR) is 95.2 cm³/mol. The zero-order valence-electron chi connectivity index (χ0n) is 14.3. The van der Waals surface area contributed by atoms with Gasteiger partial charge in [-0.3, -0.25) is 4.79 Å². The molecular weight excluding hydrogens is 298 g/mol. The molecule has 0 saturated heterocycles. The van der Waals surface area contributed by atoms with Gasteiger partial charge in [-0.05, 0) is 30.0 Å². The Morgan fingerprint density at radius 2 is 1.79 bits per heavy atom. The van der Waals surface area contributed by atoms with E-state index in [1.54, 1.807) is 6.26 Å². The van der Waals surface area contributed by atoms with Crippen molar-refractivity contribution < 1.29 is 9.21 Å². The lowest BCUT2D eigenvalue weighted by molar-refractivity contribution is -0.133. The van der Waals surface area contributed by atoms with Crippen LogP contribution >= 0.6 is 0 Å². The summed E-state index contributed by atoms with van der Waals surface area (Å²) < 4.78 is 5.45. The first-order valence-electron chi connectivity index (χ1n) is 9.15. The number of furan rings is 1. The van der Waals surface area contributed by atoms with Gasteiger partial charge in [0.25, 0.3) is 0 Å². The van der Waals surface area contributed by atoms with E-state index in [1.165, 1.54) is 32.1 Å². The first-order chi connectivity index (χ1) is 11.8. The zero-order valence-corrected chi connectivity index (χ0v) is 14.3. The van der Waals surface area contributed by atoms with Gasteiger partial charge in [-0.2, -0.15) is 0 Å². The maximum Gasteiger partial charge on any atom is 0.223 e. The predicted octanol–water partition coefficient (Wildman–Crippen LogP) is 5.17. The molecule has 1 fully saturated rings. The minimum absolute atomic E-state index is 0.237. The van der Waals surface area contributed by atoms with Crippen LogP contribution in [0.3, 0.4) is 0 Å². The van der Waals surface area contributed by atoms with Crippen molar-refractivity contribution in [3.05, 3.63) is 60.1 Å². The summed E-state index contributed by atoms with van der Waals surface area (Å²) in [7, 11) is 0. The van der Waals surface area contributed by atoms with Crippen LogP contribution in [-0.4, -0.2) is 10.8 Å². The summed E-state index contributed by atoms with van der Waals surface area (Å²) in [5.41, 5.74) is 1.16. The number of carbonyl (C=O) groups excluding carboxylic acids is 1. The van der Waals surface area contributed by atoms with Gasteiger partial charge in [-0.15, -0.1) is 0 Å². The number of benzene rings is 1. The summed E-state index contributed by atoms with van der Waals surface area (Å²) in [6, 6.07) is 14.0. The highest BCUT2D eigenvalue weighted by atomic mass is 16.3. The molecule has 0 aliphatic heterocycles. The minimum Gasteiger partial charge on any atom is -0.467 e. The van der Waals surface area contributed by atoms with Gasteiger partial charge in [-0.25, -0.2) is 0 Å². The summed E-state index contributed by atoms with van der Waals surface area (Å²) in [4.78, 5) is 14.7. The van der Waals surface area contributed by atoms with Crippen LogP contribution in [0, 0.1) is 5.92 Å². The molecule has 0 bridgehead atoms. The normalized spacial score (nSPS) is 15.3. The number of amides is 1. The molecule has 0 unspecified atom stereocenters. The number of rotatable bonds is 7. The van der Waals surface area contributed by atoms with Crippen molar-refractivity contribution >= 4 is 5.91 Å².